The van der Waals surface area contributed by atoms with E-state index in [4.69, 9.17) is 23.2 Å². The van der Waals surface area contributed by atoms with Gasteiger partial charge in [0.15, 0.2) is 6.20 Å². The average Bonchev–Trinajstić information content (AvgIpc) is 2.57. The summed E-state index contributed by atoms with van der Waals surface area (Å²) in [5.74, 6) is 0. The zero-order valence-corrected chi connectivity index (χ0v) is 13.5. The molecule has 114 valence electrons. The topological polar surface area (TPSA) is 39.8 Å². The van der Waals surface area contributed by atoms with Crippen LogP contribution < -0.4 is 4.73 Å². The van der Waals surface area contributed by atoms with E-state index in [2.05, 4.69) is 4.98 Å². The Morgan fingerprint density at radius 3 is 2.22 bits per heavy atom. The largest absolute Gasteiger partial charge is 0.618 e. The van der Waals surface area contributed by atoms with Crippen molar-refractivity contribution < 1.29 is 4.73 Å². The van der Waals surface area contributed by atoms with Crippen LogP contribution in [0.15, 0.2) is 73.1 Å². The van der Waals surface area contributed by atoms with E-state index in [0.29, 0.717) is 10.5 Å². The number of aromatic nitrogens is 2. The smallest absolute Gasteiger partial charge is 0.225 e. The summed E-state index contributed by atoms with van der Waals surface area (Å²) in [5, 5.41) is 14.4. The molecule has 4 rings (SSSR count). The predicted octanol–water partition coefficient (Wildman–Crippen LogP) is 5.01. The fraction of sp³-hybridized carbons (Fsp3) is 0. The second kappa shape index (κ2) is 6.82. The maximum Gasteiger partial charge on any atom is 0.225 e. The van der Waals surface area contributed by atoms with Gasteiger partial charge in [0.25, 0.3) is 0 Å². The quantitative estimate of drug-likeness (QED) is 0.332. The van der Waals surface area contributed by atoms with Crippen LogP contribution in [0.3, 0.4) is 0 Å². The van der Waals surface area contributed by atoms with Crippen LogP contribution in [0.1, 0.15) is 0 Å². The first-order chi connectivity index (χ1) is 11.2. The number of pyridine rings is 2. The van der Waals surface area contributed by atoms with Crippen LogP contribution in [-0.4, -0.2) is 4.98 Å². The van der Waals surface area contributed by atoms with Crippen LogP contribution in [0.2, 0.25) is 10.0 Å². The summed E-state index contributed by atoms with van der Waals surface area (Å²) in [6.45, 7) is 0. The molecular formula is C18H12Cl2N2O. The maximum absolute atomic E-state index is 11.2. The number of benzene rings is 2. The van der Waals surface area contributed by atoms with E-state index in [1.54, 1.807) is 30.5 Å². The van der Waals surface area contributed by atoms with Crippen LogP contribution in [0.4, 0.5) is 0 Å². The van der Waals surface area contributed by atoms with Crippen LogP contribution >= 0.6 is 23.2 Å². The minimum atomic E-state index is 0.602. The fourth-order valence-corrected chi connectivity index (χ4v) is 2.71. The van der Waals surface area contributed by atoms with E-state index < -0.39 is 0 Å². The number of nitrogens with zero attached hydrogens (tertiary/aromatic N) is 2. The van der Waals surface area contributed by atoms with Gasteiger partial charge in [-0.15, -0.1) is 0 Å². The molecule has 0 N–H and O–H groups in total. The van der Waals surface area contributed by atoms with Crippen molar-refractivity contribution in [2.75, 3.05) is 0 Å². The highest BCUT2D eigenvalue weighted by Crippen LogP contribution is 2.20. The minimum absolute atomic E-state index is 0.602. The normalized spacial score (nSPS) is 10.3. The maximum atomic E-state index is 11.2. The molecule has 0 spiro atoms. The van der Waals surface area contributed by atoms with Gasteiger partial charge in [-0.2, -0.15) is 4.73 Å². The first-order valence-corrected chi connectivity index (χ1v) is 7.68. The Hall–Kier alpha value is -2.36. The van der Waals surface area contributed by atoms with Crippen molar-refractivity contribution in [1.82, 2.24) is 4.98 Å². The highest BCUT2D eigenvalue weighted by molar-refractivity contribution is 6.35. The van der Waals surface area contributed by atoms with Gasteiger partial charge >= 0.3 is 0 Å². The van der Waals surface area contributed by atoms with Gasteiger partial charge in [-0.3, -0.25) is 4.98 Å². The Kier molecular flexibility index (Phi) is 4.60. The number of fused-ring (bicyclic) bond motifs is 2. The highest BCUT2D eigenvalue weighted by Gasteiger charge is 2.03. The molecule has 0 saturated heterocycles. The second-order valence-corrected chi connectivity index (χ2v) is 5.63. The lowest BCUT2D eigenvalue weighted by Crippen LogP contribution is -2.25. The van der Waals surface area contributed by atoms with Gasteiger partial charge in [-0.05, 0) is 36.4 Å². The Balaban J connectivity index is 0.000000136. The summed E-state index contributed by atoms with van der Waals surface area (Å²) in [4.78, 5) is 4.16. The zero-order valence-electron chi connectivity index (χ0n) is 12.0. The lowest BCUT2D eigenvalue weighted by Gasteiger charge is -2.00. The summed E-state index contributed by atoms with van der Waals surface area (Å²) in [6.07, 6.45) is 3.22. The number of hydrogen-bond donors (Lipinski definition) is 0. The van der Waals surface area contributed by atoms with Gasteiger partial charge in [0.2, 0.25) is 5.52 Å². The van der Waals surface area contributed by atoms with Gasteiger partial charge in [0, 0.05) is 28.7 Å². The van der Waals surface area contributed by atoms with Crippen molar-refractivity contribution in [2.45, 2.75) is 0 Å². The summed E-state index contributed by atoms with van der Waals surface area (Å²) >= 11 is 11.8. The first-order valence-electron chi connectivity index (χ1n) is 6.92. The van der Waals surface area contributed by atoms with Crippen molar-refractivity contribution in [3.63, 3.8) is 0 Å². The van der Waals surface area contributed by atoms with Gasteiger partial charge in [-0.25, -0.2) is 0 Å². The monoisotopic (exact) mass is 342 g/mol. The second-order valence-electron chi connectivity index (χ2n) is 4.82. The molecule has 23 heavy (non-hydrogen) atoms. The number of hydrogen-bond acceptors (Lipinski definition) is 2. The van der Waals surface area contributed by atoms with Crippen LogP contribution in [0, 0.1) is 5.21 Å². The van der Waals surface area contributed by atoms with Crippen molar-refractivity contribution in [2.24, 2.45) is 0 Å². The fourth-order valence-electron chi connectivity index (χ4n) is 2.25. The van der Waals surface area contributed by atoms with Gasteiger partial charge in [0.05, 0.1) is 15.9 Å². The standard InChI is InChI=1S/C9H6ClNO.C9H6ClN/c10-8-4-1-5-9-7(8)3-2-6-11(9)12;10-8-4-1-5-9-7(8)3-2-6-11-9/h1-6H;1-6H. The lowest BCUT2D eigenvalue weighted by molar-refractivity contribution is -0.577. The molecule has 0 aliphatic rings. The predicted molar refractivity (Wildman–Crippen MR) is 94.7 cm³/mol. The molecule has 0 aliphatic carbocycles. The molecule has 0 bridgehead atoms. The Bertz CT molecular complexity index is 927. The van der Waals surface area contributed by atoms with E-state index in [1.807, 2.05) is 36.4 Å². The SMILES string of the molecule is Clc1cccc2ncccc12.[O-][n+]1cccc2c(Cl)cccc21. The zero-order chi connectivity index (χ0) is 16.2. The summed E-state index contributed by atoms with van der Waals surface area (Å²) in [7, 11) is 0. The lowest BCUT2D eigenvalue weighted by atomic mass is 10.2. The Morgan fingerprint density at radius 2 is 1.48 bits per heavy atom. The molecule has 0 fully saturated rings. The van der Waals surface area contributed by atoms with Gasteiger partial charge in [0.1, 0.15) is 0 Å². The molecule has 2 heterocycles. The molecule has 2 aromatic carbocycles. The van der Waals surface area contributed by atoms with Gasteiger partial charge < -0.3 is 5.21 Å². The molecular weight excluding hydrogens is 331 g/mol. The third kappa shape index (κ3) is 3.36. The highest BCUT2D eigenvalue weighted by atomic mass is 35.5. The summed E-state index contributed by atoms with van der Waals surface area (Å²) in [6, 6.07) is 18.3. The van der Waals surface area contributed by atoms with Crippen LogP contribution in [-0.2, 0) is 0 Å². The van der Waals surface area contributed by atoms with E-state index in [9.17, 15) is 5.21 Å². The van der Waals surface area contributed by atoms with Crippen molar-refractivity contribution in [3.05, 3.63) is 88.3 Å². The van der Waals surface area contributed by atoms with E-state index in [-0.39, 0.29) is 0 Å². The average molecular weight is 343 g/mol. The summed E-state index contributed by atoms with van der Waals surface area (Å²) < 4.78 is 0.807. The van der Waals surface area contributed by atoms with Crippen molar-refractivity contribution in [3.8, 4) is 0 Å². The molecule has 0 unspecified atom stereocenters. The molecule has 3 nitrogen and oxygen atoms in total. The third-order valence-electron chi connectivity index (χ3n) is 3.34. The molecule has 0 aliphatic heterocycles. The van der Waals surface area contributed by atoms with E-state index in [1.165, 1.54) is 6.20 Å². The molecule has 5 heteroatoms. The molecule has 0 amide bonds. The van der Waals surface area contributed by atoms with Crippen molar-refractivity contribution in [1.29, 1.82) is 0 Å². The molecule has 0 radical (unpaired) electrons. The third-order valence-corrected chi connectivity index (χ3v) is 4.00. The van der Waals surface area contributed by atoms with E-state index in [0.717, 1.165) is 26.0 Å². The van der Waals surface area contributed by atoms with Gasteiger partial charge in [-0.1, -0.05) is 35.3 Å². The Labute approximate surface area is 143 Å². The molecule has 0 saturated carbocycles. The molecule has 0 atom stereocenters. The first kappa shape index (κ1) is 15.5. The number of rotatable bonds is 0. The van der Waals surface area contributed by atoms with Crippen LogP contribution in [0.5, 0.6) is 0 Å². The molecule has 4 aromatic rings. The van der Waals surface area contributed by atoms with Crippen LogP contribution in [0.25, 0.3) is 21.8 Å². The molecule has 2 aromatic heterocycles. The minimum Gasteiger partial charge on any atom is -0.618 e. The summed E-state index contributed by atoms with van der Waals surface area (Å²) in [5.41, 5.74) is 1.55. The van der Waals surface area contributed by atoms with Crippen molar-refractivity contribution >= 4 is 45.0 Å². The Morgan fingerprint density at radius 1 is 0.783 bits per heavy atom. The van der Waals surface area contributed by atoms with E-state index >= 15 is 0 Å². The number of halogens is 2.